The van der Waals surface area contributed by atoms with Crippen LogP contribution in [0, 0.1) is 0 Å². The van der Waals surface area contributed by atoms with E-state index in [9.17, 15) is 24.0 Å². The molecule has 35 heavy (non-hydrogen) atoms. The predicted molar refractivity (Wildman–Crippen MR) is 132 cm³/mol. The van der Waals surface area contributed by atoms with Crippen molar-refractivity contribution in [2.45, 2.75) is 83.6 Å². The van der Waals surface area contributed by atoms with Crippen molar-refractivity contribution >= 4 is 35.2 Å². The van der Waals surface area contributed by atoms with Crippen LogP contribution in [0.4, 0.5) is 5.69 Å². The lowest BCUT2D eigenvalue weighted by atomic mass is 10.0. The summed E-state index contributed by atoms with van der Waals surface area (Å²) in [6.07, 6.45) is 9.51. The van der Waals surface area contributed by atoms with Gasteiger partial charge in [-0.3, -0.25) is 34.2 Å². The number of hydrogen-bond acceptors (Lipinski definition) is 6. The SMILES string of the molecule is CCNC(=O)CCCCCCCCCCNc1cccc2c1C(=O)N(C1CCC(=O)NC1=O)C2=O. The molecule has 0 aromatic heterocycles. The molecule has 0 bridgehead atoms. The Morgan fingerprint density at radius 1 is 0.971 bits per heavy atom. The zero-order valence-corrected chi connectivity index (χ0v) is 20.5. The molecule has 3 N–H and O–H groups in total. The van der Waals surface area contributed by atoms with Crippen LogP contribution in [0.3, 0.4) is 0 Å². The second-order valence-corrected chi connectivity index (χ2v) is 9.13. The van der Waals surface area contributed by atoms with Gasteiger partial charge >= 0.3 is 0 Å². The average molecular weight is 485 g/mol. The summed E-state index contributed by atoms with van der Waals surface area (Å²) in [7, 11) is 0. The lowest BCUT2D eigenvalue weighted by molar-refractivity contribution is -0.136. The number of nitrogens with one attached hydrogen (secondary N) is 3. The van der Waals surface area contributed by atoms with E-state index in [0.717, 1.165) is 49.8 Å². The van der Waals surface area contributed by atoms with E-state index in [1.807, 2.05) is 6.92 Å². The van der Waals surface area contributed by atoms with Crippen LogP contribution in [0.15, 0.2) is 18.2 Å². The van der Waals surface area contributed by atoms with Gasteiger partial charge in [0.2, 0.25) is 17.7 Å². The summed E-state index contributed by atoms with van der Waals surface area (Å²) in [5, 5.41) is 8.32. The number of amides is 5. The molecule has 0 saturated carbocycles. The molecule has 5 amide bonds. The van der Waals surface area contributed by atoms with Crippen LogP contribution >= 0.6 is 0 Å². The Labute approximate surface area is 206 Å². The highest BCUT2D eigenvalue weighted by molar-refractivity contribution is 6.25. The molecule has 1 saturated heterocycles. The molecule has 1 aromatic carbocycles. The van der Waals surface area contributed by atoms with E-state index in [-0.39, 0.29) is 30.2 Å². The van der Waals surface area contributed by atoms with Gasteiger partial charge in [0.05, 0.1) is 11.1 Å². The van der Waals surface area contributed by atoms with Gasteiger partial charge in [-0.25, -0.2) is 0 Å². The number of anilines is 1. The topological polar surface area (TPSA) is 125 Å². The first-order valence-electron chi connectivity index (χ1n) is 12.8. The van der Waals surface area contributed by atoms with Crippen molar-refractivity contribution in [3.63, 3.8) is 0 Å². The molecule has 0 aliphatic carbocycles. The molecule has 2 aliphatic rings. The molecule has 9 nitrogen and oxygen atoms in total. The van der Waals surface area contributed by atoms with Gasteiger partial charge in [0.25, 0.3) is 11.8 Å². The Morgan fingerprint density at radius 3 is 2.34 bits per heavy atom. The van der Waals surface area contributed by atoms with Crippen molar-refractivity contribution in [2.75, 3.05) is 18.4 Å². The fraction of sp³-hybridized carbons (Fsp3) is 0.577. The molecular formula is C26H36N4O5. The van der Waals surface area contributed by atoms with Gasteiger partial charge in [0.1, 0.15) is 6.04 Å². The number of unbranched alkanes of at least 4 members (excludes halogenated alkanes) is 7. The lowest BCUT2D eigenvalue weighted by Crippen LogP contribution is -2.54. The van der Waals surface area contributed by atoms with Gasteiger partial charge in [-0.1, -0.05) is 44.6 Å². The van der Waals surface area contributed by atoms with E-state index in [0.29, 0.717) is 30.8 Å². The minimum atomic E-state index is -0.957. The molecule has 190 valence electrons. The minimum Gasteiger partial charge on any atom is -0.384 e. The van der Waals surface area contributed by atoms with Crippen molar-refractivity contribution in [1.82, 2.24) is 15.5 Å². The molecule has 2 aliphatic heterocycles. The van der Waals surface area contributed by atoms with E-state index in [1.54, 1.807) is 18.2 Å². The summed E-state index contributed by atoms with van der Waals surface area (Å²) in [6, 6.07) is 4.15. The van der Waals surface area contributed by atoms with Crippen LogP contribution in [0.2, 0.25) is 0 Å². The molecule has 9 heteroatoms. The Bertz CT molecular complexity index is 961. The monoisotopic (exact) mass is 484 g/mol. The fourth-order valence-electron chi connectivity index (χ4n) is 4.64. The number of carbonyl (C=O) groups is 5. The van der Waals surface area contributed by atoms with E-state index < -0.39 is 23.8 Å². The van der Waals surface area contributed by atoms with Crippen LogP contribution in [-0.4, -0.2) is 53.6 Å². The normalized spacial score (nSPS) is 17.4. The molecule has 1 atom stereocenters. The number of fused-ring (bicyclic) bond motifs is 1. The van der Waals surface area contributed by atoms with Gasteiger partial charge in [0.15, 0.2) is 0 Å². The summed E-state index contributed by atoms with van der Waals surface area (Å²) in [4.78, 5) is 62.0. The third-order valence-electron chi connectivity index (χ3n) is 6.49. The summed E-state index contributed by atoms with van der Waals surface area (Å²) in [6.45, 7) is 3.30. The maximum atomic E-state index is 13.1. The van der Waals surface area contributed by atoms with Crippen molar-refractivity contribution in [3.05, 3.63) is 29.3 Å². The highest BCUT2D eigenvalue weighted by Gasteiger charge is 2.45. The van der Waals surface area contributed by atoms with Gasteiger partial charge < -0.3 is 10.6 Å². The van der Waals surface area contributed by atoms with Crippen molar-refractivity contribution in [1.29, 1.82) is 0 Å². The Kier molecular flexibility index (Phi) is 9.81. The maximum absolute atomic E-state index is 13.1. The number of imide groups is 2. The van der Waals surface area contributed by atoms with Crippen LogP contribution in [0.25, 0.3) is 0 Å². The Hall–Kier alpha value is -3.23. The largest absolute Gasteiger partial charge is 0.384 e. The van der Waals surface area contributed by atoms with E-state index >= 15 is 0 Å². The Balaban J connectivity index is 1.38. The lowest BCUT2D eigenvalue weighted by Gasteiger charge is -2.27. The third-order valence-corrected chi connectivity index (χ3v) is 6.49. The molecule has 1 unspecified atom stereocenters. The highest BCUT2D eigenvalue weighted by Crippen LogP contribution is 2.32. The quantitative estimate of drug-likeness (QED) is 0.275. The van der Waals surface area contributed by atoms with E-state index in [2.05, 4.69) is 16.0 Å². The third kappa shape index (κ3) is 6.90. The maximum Gasteiger partial charge on any atom is 0.264 e. The zero-order valence-electron chi connectivity index (χ0n) is 20.5. The fourth-order valence-corrected chi connectivity index (χ4v) is 4.64. The molecule has 1 fully saturated rings. The average Bonchev–Trinajstić information content (AvgIpc) is 3.08. The van der Waals surface area contributed by atoms with Crippen LogP contribution in [0.1, 0.15) is 98.3 Å². The van der Waals surface area contributed by atoms with Gasteiger partial charge in [-0.2, -0.15) is 0 Å². The number of benzene rings is 1. The van der Waals surface area contributed by atoms with Crippen LogP contribution in [-0.2, 0) is 14.4 Å². The first kappa shape index (κ1) is 26.4. The summed E-state index contributed by atoms with van der Waals surface area (Å²) < 4.78 is 0. The van der Waals surface area contributed by atoms with Crippen LogP contribution in [0.5, 0.6) is 0 Å². The smallest absolute Gasteiger partial charge is 0.264 e. The molecular weight excluding hydrogens is 448 g/mol. The summed E-state index contributed by atoms with van der Waals surface area (Å²) >= 11 is 0. The number of piperidine rings is 1. The molecule has 2 heterocycles. The number of carbonyl (C=O) groups excluding carboxylic acids is 5. The standard InChI is InChI=1S/C26H36N4O5/c1-2-27-21(31)14-9-7-5-3-4-6-8-10-17-28-19-13-11-12-18-23(19)26(35)30(25(18)34)20-15-16-22(32)29-24(20)33/h11-13,20,28H,2-10,14-17H2,1H3,(H,27,31)(H,29,32,33). The minimum absolute atomic E-state index is 0.102. The number of rotatable bonds is 14. The van der Waals surface area contributed by atoms with Gasteiger partial charge in [-0.05, 0) is 38.3 Å². The molecule has 0 spiro atoms. The molecule has 1 aromatic rings. The van der Waals surface area contributed by atoms with Crippen molar-refractivity contribution in [3.8, 4) is 0 Å². The van der Waals surface area contributed by atoms with Crippen molar-refractivity contribution < 1.29 is 24.0 Å². The summed E-state index contributed by atoms with van der Waals surface area (Å²) in [5.74, 6) is -1.84. The number of nitrogens with zero attached hydrogens (tertiary/aromatic N) is 1. The molecule has 0 radical (unpaired) electrons. The predicted octanol–water partition coefficient (Wildman–Crippen LogP) is 3.15. The van der Waals surface area contributed by atoms with Gasteiger partial charge in [-0.15, -0.1) is 0 Å². The van der Waals surface area contributed by atoms with Crippen molar-refractivity contribution in [2.24, 2.45) is 0 Å². The van der Waals surface area contributed by atoms with Crippen LogP contribution < -0.4 is 16.0 Å². The zero-order chi connectivity index (χ0) is 25.2. The first-order valence-corrected chi connectivity index (χ1v) is 12.8. The van der Waals surface area contributed by atoms with E-state index in [4.69, 9.17) is 0 Å². The number of hydrogen-bond donors (Lipinski definition) is 3. The Morgan fingerprint density at radius 2 is 1.66 bits per heavy atom. The molecule has 3 rings (SSSR count). The second-order valence-electron chi connectivity index (χ2n) is 9.13. The first-order chi connectivity index (χ1) is 16.9. The van der Waals surface area contributed by atoms with E-state index in [1.165, 1.54) is 6.42 Å². The second kappa shape index (κ2) is 13.0. The highest BCUT2D eigenvalue weighted by atomic mass is 16.2. The summed E-state index contributed by atoms with van der Waals surface area (Å²) in [5.41, 5.74) is 1.19. The van der Waals surface area contributed by atoms with Gasteiger partial charge in [0, 0.05) is 31.6 Å².